The van der Waals surface area contributed by atoms with Crippen LogP contribution in [0.1, 0.15) is 35.7 Å². The highest BCUT2D eigenvalue weighted by molar-refractivity contribution is 9.10. The van der Waals surface area contributed by atoms with E-state index in [1.54, 1.807) is 0 Å². The van der Waals surface area contributed by atoms with Crippen molar-refractivity contribution in [1.82, 2.24) is 9.88 Å². The predicted octanol–water partition coefficient (Wildman–Crippen LogP) is 4.04. The molecule has 126 valence electrons. The second-order valence-electron chi connectivity index (χ2n) is 6.30. The number of aliphatic carboxylic acids is 1. The standard InChI is InChI=1S/C19H21BrN2O2/c1-13-6-4-10-21-17(13)18(15-8-2-3-9-16(15)20)22-11-5-7-14(12-22)19(23)24/h2-4,6,8-10,14,18H,5,7,11-12H2,1H3,(H,23,24). The van der Waals surface area contributed by atoms with Gasteiger partial charge in [0, 0.05) is 17.2 Å². The SMILES string of the molecule is Cc1cccnc1C(c1ccccc1Br)N1CCCC(C(=O)O)C1. The Kier molecular flexibility index (Phi) is 5.31. The van der Waals surface area contributed by atoms with Crippen LogP contribution in [0.2, 0.25) is 0 Å². The molecule has 0 aliphatic carbocycles. The van der Waals surface area contributed by atoms with Crippen molar-refractivity contribution >= 4 is 21.9 Å². The number of rotatable bonds is 4. The van der Waals surface area contributed by atoms with Crippen molar-refractivity contribution < 1.29 is 9.90 Å². The van der Waals surface area contributed by atoms with E-state index in [-0.39, 0.29) is 12.0 Å². The zero-order chi connectivity index (χ0) is 17.1. The summed E-state index contributed by atoms with van der Waals surface area (Å²) < 4.78 is 1.03. The second-order valence-corrected chi connectivity index (χ2v) is 7.16. The minimum absolute atomic E-state index is 0.0380. The number of carbonyl (C=O) groups is 1. The monoisotopic (exact) mass is 388 g/mol. The Morgan fingerprint density at radius 3 is 2.83 bits per heavy atom. The van der Waals surface area contributed by atoms with Gasteiger partial charge in [0.05, 0.1) is 17.7 Å². The van der Waals surface area contributed by atoms with E-state index in [0.29, 0.717) is 6.54 Å². The molecule has 1 aliphatic rings. The summed E-state index contributed by atoms with van der Waals surface area (Å²) in [6, 6.07) is 12.1. The van der Waals surface area contributed by atoms with E-state index >= 15 is 0 Å². The van der Waals surface area contributed by atoms with Crippen LogP contribution in [0, 0.1) is 12.8 Å². The van der Waals surface area contributed by atoms with Crippen LogP contribution in [-0.4, -0.2) is 34.0 Å². The lowest BCUT2D eigenvalue weighted by Crippen LogP contribution is -2.41. The smallest absolute Gasteiger partial charge is 0.307 e. The van der Waals surface area contributed by atoms with Crippen molar-refractivity contribution in [1.29, 1.82) is 0 Å². The molecule has 1 fully saturated rings. The quantitative estimate of drug-likeness (QED) is 0.858. The summed E-state index contributed by atoms with van der Waals surface area (Å²) in [6.07, 6.45) is 3.45. The van der Waals surface area contributed by atoms with Gasteiger partial charge in [-0.15, -0.1) is 0 Å². The van der Waals surface area contributed by atoms with Gasteiger partial charge in [-0.3, -0.25) is 14.7 Å². The molecule has 1 aromatic heterocycles. The summed E-state index contributed by atoms with van der Waals surface area (Å²) in [6.45, 7) is 3.49. The minimum atomic E-state index is -0.705. The molecule has 2 aromatic rings. The first-order chi connectivity index (χ1) is 11.6. The van der Waals surface area contributed by atoms with Gasteiger partial charge in [-0.2, -0.15) is 0 Å². The van der Waals surface area contributed by atoms with E-state index in [0.717, 1.165) is 40.7 Å². The molecule has 2 unspecified atom stereocenters. The molecule has 4 nitrogen and oxygen atoms in total. The molecule has 1 saturated heterocycles. The van der Waals surface area contributed by atoms with Crippen LogP contribution in [0.15, 0.2) is 47.1 Å². The summed E-state index contributed by atoms with van der Waals surface area (Å²) in [4.78, 5) is 18.4. The summed E-state index contributed by atoms with van der Waals surface area (Å²) in [5.74, 6) is -1.02. The fourth-order valence-electron chi connectivity index (χ4n) is 3.44. The Hall–Kier alpha value is -1.72. The van der Waals surface area contributed by atoms with Crippen LogP contribution >= 0.6 is 15.9 Å². The van der Waals surface area contributed by atoms with E-state index < -0.39 is 5.97 Å². The van der Waals surface area contributed by atoms with Gasteiger partial charge in [0.1, 0.15) is 0 Å². The van der Waals surface area contributed by atoms with E-state index in [4.69, 9.17) is 0 Å². The molecule has 0 bridgehead atoms. The van der Waals surface area contributed by atoms with E-state index in [1.807, 2.05) is 30.5 Å². The molecule has 0 saturated carbocycles. The van der Waals surface area contributed by atoms with Gasteiger partial charge in [0.2, 0.25) is 0 Å². The summed E-state index contributed by atoms with van der Waals surface area (Å²) in [5, 5.41) is 9.44. The largest absolute Gasteiger partial charge is 0.481 e. The fourth-order valence-corrected chi connectivity index (χ4v) is 3.94. The summed E-state index contributed by atoms with van der Waals surface area (Å²) in [5.41, 5.74) is 3.25. The highest BCUT2D eigenvalue weighted by atomic mass is 79.9. The fraction of sp³-hybridized carbons (Fsp3) is 0.368. The molecular formula is C19H21BrN2O2. The molecular weight excluding hydrogens is 368 g/mol. The Bertz CT molecular complexity index is 689. The molecule has 1 aromatic carbocycles. The number of halogens is 1. The van der Waals surface area contributed by atoms with Gasteiger partial charge in [-0.05, 0) is 49.6 Å². The number of pyridine rings is 1. The number of nitrogens with zero attached hydrogens (tertiary/aromatic N) is 2. The summed E-state index contributed by atoms with van der Waals surface area (Å²) >= 11 is 3.66. The number of carboxylic acids is 1. The number of aryl methyl sites for hydroxylation is 1. The van der Waals surface area contributed by atoms with Gasteiger partial charge < -0.3 is 5.11 Å². The second kappa shape index (κ2) is 7.45. The molecule has 1 N–H and O–H groups in total. The molecule has 5 heteroatoms. The maximum Gasteiger partial charge on any atom is 0.307 e. The lowest BCUT2D eigenvalue weighted by molar-refractivity contribution is -0.143. The van der Waals surface area contributed by atoms with E-state index in [1.165, 1.54) is 0 Å². The molecule has 2 atom stereocenters. The third-order valence-electron chi connectivity index (χ3n) is 4.68. The molecule has 0 amide bonds. The maximum absolute atomic E-state index is 11.5. The molecule has 0 spiro atoms. The summed E-state index contributed by atoms with van der Waals surface area (Å²) in [7, 11) is 0. The highest BCUT2D eigenvalue weighted by Crippen LogP contribution is 2.36. The molecule has 24 heavy (non-hydrogen) atoms. The van der Waals surface area contributed by atoms with Crippen LogP contribution in [0.4, 0.5) is 0 Å². The molecule has 3 rings (SSSR count). The number of piperidine rings is 1. The van der Waals surface area contributed by atoms with Crippen LogP contribution < -0.4 is 0 Å². The first-order valence-corrected chi connectivity index (χ1v) is 9.00. The maximum atomic E-state index is 11.5. The first-order valence-electron chi connectivity index (χ1n) is 8.20. The number of benzene rings is 1. The predicted molar refractivity (Wildman–Crippen MR) is 96.9 cm³/mol. The van der Waals surface area contributed by atoms with Crippen molar-refractivity contribution in [3.63, 3.8) is 0 Å². The van der Waals surface area contributed by atoms with Gasteiger partial charge in [-0.25, -0.2) is 0 Å². The third-order valence-corrected chi connectivity index (χ3v) is 5.40. The molecule has 2 heterocycles. The Morgan fingerprint density at radius 2 is 2.12 bits per heavy atom. The average molecular weight is 389 g/mol. The van der Waals surface area contributed by atoms with Gasteiger partial charge in [0.15, 0.2) is 0 Å². The molecule has 0 radical (unpaired) electrons. The van der Waals surface area contributed by atoms with Gasteiger partial charge in [0.25, 0.3) is 0 Å². The molecule has 1 aliphatic heterocycles. The zero-order valence-corrected chi connectivity index (χ0v) is 15.2. The Balaban J connectivity index is 2.04. The van der Waals surface area contributed by atoms with Crippen molar-refractivity contribution in [2.45, 2.75) is 25.8 Å². The average Bonchev–Trinajstić information content (AvgIpc) is 2.59. The normalized spacial score (nSPS) is 19.8. The lowest BCUT2D eigenvalue weighted by Gasteiger charge is -2.37. The topological polar surface area (TPSA) is 53.4 Å². The van der Waals surface area contributed by atoms with Crippen LogP contribution in [-0.2, 0) is 4.79 Å². The zero-order valence-electron chi connectivity index (χ0n) is 13.7. The van der Waals surface area contributed by atoms with Crippen molar-refractivity contribution in [2.75, 3.05) is 13.1 Å². The Morgan fingerprint density at radius 1 is 1.33 bits per heavy atom. The Labute approximate surface area is 150 Å². The lowest BCUT2D eigenvalue weighted by atomic mass is 9.92. The number of carboxylic acid groups (broad SMARTS) is 1. The van der Waals surface area contributed by atoms with Crippen LogP contribution in [0.25, 0.3) is 0 Å². The van der Waals surface area contributed by atoms with Gasteiger partial charge in [-0.1, -0.05) is 40.2 Å². The first kappa shape index (κ1) is 17.1. The van der Waals surface area contributed by atoms with E-state index in [9.17, 15) is 9.90 Å². The number of hydrogen-bond donors (Lipinski definition) is 1. The van der Waals surface area contributed by atoms with Crippen LogP contribution in [0.5, 0.6) is 0 Å². The van der Waals surface area contributed by atoms with Crippen molar-refractivity contribution in [2.24, 2.45) is 5.92 Å². The van der Waals surface area contributed by atoms with E-state index in [2.05, 4.69) is 44.9 Å². The van der Waals surface area contributed by atoms with Crippen molar-refractivity contribution in [3.05, 3.63) is 63.9 Å². The number of likely N-dealkylation sites (tertiary alicyclic amines) is 1. The number of aromatic nitrogens is 1. The van der Waals surface area contributed by atoms with Gasteiger partial charge >= 0.3 is 5.97 Å². The number of hydrogen-bond acceptors (Lipinski definition) is 3. The van der Waals surface area contributed by atoms with Crippen LogP contribution in [0.3, 0.4) is 0 Å². The minimum Gasteiger partial charge on any atom is -0.481 e. The highest BCUT2D eigenvalue weighted by Gasteiger charge is 2.33. The van der Waals surface area contributed by atoms with Crippen molar-refractivity contribution in [3.8, 4) is 0 Å². The third kappa shape index (κ3) is 3.52.